The first-order valence-electron chi connectivity index (χ1n) is 9.99. The molecule has 1 saturated heterocycles. The second-order valence-electron chi connectivity index (χ2n) is 8.57. The summed E-state index contributed by atoms with van der Waals surface area (Å²) < 4.78 is 1.89. The molecule has 1 aliphatic carbocycles. The molecule has 1 aromatic carbocycles. The van der Waals surface area contributed by atoms with Gasteiger partial charge in [0, 0.05) is 24.5 Å². The van der Waals surface area contributed by atoms with Crippen LogP contribution in [0.25, 0.3) is 11.0 Å². The largest absolute Gasteiger partial charge is 0.342 e. The number of aromatic amines is 1. The Morgan fingerprint density at radius 1 is 1.23 bits per heavy atom. The van der Waals surface area contributed by atoms with Gasteiger partial charge in [0.05, 0.1) is 11.0 Å². The van der Waals surface area contributed by atoms with E-state index in [1.54, 1.807) is 0 Å². The maximum absolute atomic E-state index is 13.2. The molecule has 140 valence electrons. The van der Waals surface area contributed by atoms with E-state index in [4.69, 9.17) is 0 Å². The molecule has 1 amide bonds. The highest BCUT2D eigenvalue weighted by Crippen LogP contribution is 2.47. The monoisotopic (exact) mass is 355 g/mol. The van der Waals surface area contributed by atoms with Crippen LogP contribution in [0.3, 0.4) is 0 Å². The van der Waals surface area contributed by atoms with Gasteiger partial charge in [0.2, 0.25) is 5.91 Å². The minimum absolute atomic E-state index is 0.0359. The number of benzene rings is 1. The Balaban J connectivity index is 1.48. The highest BCUT2D eigenvalue weighted by Gasteiger charge is 2.46. The first kappa shape index (κ1) is 17.4. The molecule has 4 rings (SSSR count). The molecule has 26 heavy (non-hydrogen) atoms. The van der Waals surface area contributed by atoms with E-state index in [1.807, 2.05) is 28.8 Å². The molecule has 2 fully saturated rings. The van der Waals surface area contributed by atoms with Gasteiger partial charge in [-0.2, -0.15) is 0 Å². The SMILES string of the molecule is CC(C)CC1(C(=O)N2CCC(n3c(=O)[nH]c4ccccc43)CC2)CCC1. The average molecular weight is 355 g/mol. The van der Waals surface area contributed by atoms with Crippen LogP contribution in [0.1, 0.15) is 58.4 Å². The van der Waals surface area contributed by atoms with E-state index in [1.165, 1.54) is 6.42 Å². The third kappa shape index (κ3) is 2.87. The van der Waals surface area contributed by atoms with Crippen molar-refractivity contribution in [1.82, 2.24) is 14.5 Å². The molecule has 0 radical (unpaired) electrons. The number of likely N-dealkylation sites (tertiary alicyclic amines) is 1. The molecule has 2 aliphatic rings. The first-order chi connectivity index (χ1) is 12.5. The summed E-state index contributed by atoms with van der Waals surface area (Å²) in [4.78, 5) is 30.6. The van der Waals surface area contributed by atoms with E-state index in [9.17, 15) is 9.59 Å². The van der Waals surface area contributed by atoms with Crippen molar-refractivity contribution >= 4 is 16.9 Å². The molecule has 0 bridgehead atoms. The number of nitrogens with zero attached hydrogens (tertiary/aromatic N) is 2. The molecule has 1 saturated carbocycles. The second-order valence-corrected chi connectivity index (χ2v) is 8.57. The molecule has 1 N–H and O–H groups in total. The molecule has 2 aromatic rings. The normalized spacial score (nSPS) is 20.5. The molecular weight excluding hydrogens is 326 g/mol. The molecule has 2 heterocycles. The van der Waals surface area contributed by atoms with Crippen molar-refractivity contribution in [3.05, 3.63) is 34.7 Å². The van der Waals surface area contributed by atoms with Crippen molar-refractivity contribution < 1.29 is 4.79 Å². The number of piperidine rings is 1. The van der Waals surface area contributed by atoms with Crippen molar-refractivity contribution in [2.24, 2.45) is 11.3 Å². The lowest BCUT2D eigenvalue weighted by molar-refractivity contribution is -0.150. The summed E-state index contributed by atoms with van der Waals surface area (Å²) in [5, 5.41) is 0. The van der Waals surface area contributed by atoms with E-state index in [0.29, 0.717) is 11.8 Å². The summed E-state index contributed by atoms with van der Waals surface area (Å²) in [6.07, 6.45) is 5.99. The summed E-state index contributed by atoms with van der Waals surface area (Å²) in [6, 6.07) is 8.02. The minimum Gasteiger partial charge on any atom is -0.342 e. The maximum Gasteiger partial charge on any atom is 0.326 e. The summed E-state index contributed by atoms with van der Waals surface area (Å²) >= 11 is 0. The van der Waals surface area contributed by atoms with Crippen LogP contribution in [-0.2, 0) is 4.79 Å². The van der Waals surface area contributed by atoms with Gasteiger partial charge in [-0.3, -0.25) is 9.36 Å². The van der Waals surface area contributed by atoms with Gasteiger partial charge in [-0.25, -0.2) is 4.79 Å². The highest BCUT2D eigenvalue weighted by atomic mass is 16.2. The number of hydrogen-bond donors (Lipinski definition) is 1. The number of carbonyl (C=O) groups excluding carboxylic acids is 1. The predicted molar refractivity (Wildman–Crippen MR) is 103 cm³/mol. The van der Waals surface area contributed by atoms with Crippen LogP contribution in [0, 0.1) is 11.3 Å². The fourth-order valence-electron chi connectivity index (χ4n) is 4.99. The zero-order valence-electron chi connectivity index (χ0n) is 15.8. The fourth-order valence-corrected chi connectivity index (χ4v) is 4.99. The number of carbonyl (C=O) groups is 1. The summed E-state index contributed by atoms with van der Waals surface area (Å²) in [5.74, 6) is 0.920. The van der Waals surface area contributed by atoms with Gasteiger partial charge in [0.1, 0.15) is 0 Å². The number of rotatable bonds is 4. The molecule has 5 heteroatoms. The maximum atomic E-state index is 13.2. The van der Waals surface area contributed by atoms with E-state index in [-0.39, 0.29) is 17.1 Å². The molecule has 5 nitrogen and oxygen atoms in total. The Morgan fingerprint density at radius 2 is 1.92 bits per heavy atom. The molecule has 0 unspecified atom stereocenters. The van der Waals surface area contributed by atoms with Gasteiger partial charge < -0.3 is 9.88 Å². The van der Waals surface area contributed by atoms with Gasteiger partial charge >= 0.3 is 5.69 Å². The Hall–Kier alpha value is -2.04. The van der Waals surface area contributed by atoms with E-state index >= 15 is 0 Å². The first-order valence-corrected chi connectivity index (χ1v) is 9.99. The quantitative estimate of drug-likeness (QED) is 0.909. The van der Waals surface area contributed by atoms with E-state index in [0.717, 1.165) is 56.2 Å². The van der Waals surface area contributed by atoms with E-state index in [2.05, 4.69) is 23.7 Å². The van der Waals surface area contributed by atoms with Gasteiger partial charge in [0.25, 0.3) is 0 Å². The number of fused-ring (bicyclic) bond motifs is 1. The second kappa shape index (κ2) is 6.60. The average Bonchev–Trinajstić information content (AvgIpc) is 2.93. The fraction of sp³-hybridized carbons (Fsp3) is 0.619. The number of para-hydroxylation sites is 2. The Bertz CT molecular complexity index is 852. The molecule has 0 atom stereocenters. The standard InChI is InChI=1S/C21H29N3O2/c1-15(2)14-21(10-5-11-21)19(25)23-12-8-16(9-13-23)24-18-7-4-3-6-17(18)22-20(24)26/h3-4,6-7,15-16H,5,8-14H2,1-2H3,(H,22,26). The van der Waals surface area contributed by atoms with Crippen LogP contribution in [-0.4, -0.2) is 33.4 Å². The van der Waals surface area contributed by atoms with Crippen LogP contribution in [0.5, 0.6) is 0 Å². The van der Waals surface area contributed by atoms with Crippen LogP contribution in [0.2, 0.25) is 0 Å². The van der Waals surface area contributed by atoms with Gasteiger partial charge in [-0.1, -0.05) is 32.4 Å². The van der Waals surface area contributed by atoms with Crippen molar-refractivity contribution in [3.8, 4) is 0 Å². The number of H-pyrrole nitrogens is 1. The van der Waals surface area contributed by atoms with Crippen LogP contribution in [0.4, 0.5) is 0 Å². The van der Waals surface area contributed by atoms with Gasteiger partial charge in [-0.15, -0.1) is 0 Å². The lowest BCUT2D eigenvalue weighted by Crippen LogP contribution is -2.51. The summed E-state index contributed by atoms with van der Waals surface area (Å²) in [7, 11) is 0. The smallest absolute Gasteiger partial charge is 0.326 e. The Morgan fingerprint density at radius 3 is 2.54 bits per heavy atom. The lowest BCUT2D eigenvalue weighted by atomic mass is 9.63. The molecular formula is C21H29N3O2. The number of hydrogen-bond acceptors (Lipinski definition) is 2. The van der Waals surface area contributed by atoms with Gasteiger partial charge in [0.15, 0.2) is 0 Å². The summed E-state index contributed by atoms with van der Waals surface area (Å²) in [6.45, 7) is 5.94. The zero-order valence-corrected chi connectivity index (χ0v) is 15.8. The van der Waals surface area contributed by atoms with Crippen LogP contribution < -0.4 is 5.69 Å². The van der Waals surface area contributed by atoms with Crippen molar-refractivity contribution in [2.75, 3.05) is 13.1 Å². The van der Waals surface area contributed by atoms with Crippen molar-refractivity contribution in [2.45, 2.75) is 58.4 Å². The lowest BCUT2D eigenvalue weighted by Gasteiger charge is -2.46. The Kier molecular flexibility index (Phi) is 4.41. The number of nitrogens with one attached hydrogen (secondary N) is 1. The van der Waals surface area contributed by atoms with E-state index < -0.39 is 0 Å². The minimum atomic E-state index is -0.0986. The topological polar surface area (TPSA) is 58.1 Å². The third-order valence-electron chi connectivity index (χ3n) is 6.30. The number of aromatic nitrogens is 2. The van der Waals surface area contributed by atoms with Gasteiger partial charge in [-0.05, 0) is 50.2 Å². The third-order valence-corrected chi connectivity index (χ3v) is 6.30. The summed E-state index contributed by atoms with van der Waals surface area (Å²) in [5.41, 5.74) is 1.73. The van der Waals surface area contributed by atoms with Crippen LogP contribution in [0.15, 0.2) is 29.1 Å². The van der Waals surface area contributed by atoms with Crippen LogP contribution >= 0.6 is 0 Å². The molecule has 1 aliphatic heterocycles. The van der Waals surface area contributed by atoms with Crippen molar-refractivity contribution in [1.29, 1.82) is 0 Å². The Labute approximate surface area is 154 Å². The predicted octanol–water partition coefficient (Wildman–Crippen LogP) is 3.71. The number of imidazole rings is 1. The number of amides is 1. The van der Waals surface area contributed by atoms with Crippen molar-refractivity contribution in [3.63, 3.8) is 0 Å². The molecule has 0 spiro atoms. The zero-order chi connectivity index (χ0) is 18.3. The highest BCUT2D eigenvalue weighted by molar-refractivity contribution is 5.83. The molecule has 1 aromatic heterocycles.